The van der Waals surface area contributed by atoms with Crippen LogP contribution in [0.1, 0.15) is 23.1 Å². The van der Waals surface area contributed by atoms with Gasteiger partial charge >= 0.3 is 5.97 Å². The molecule has 6 nitrogen and oxygen atoms in total. The fourth-order valence-corrected chi connectivity index (χ4v) is 3.26. The lowest BCUT2D eigenvalue weighted by atomic mass is 10.2. The van der Waals surface area contributed by atoms with Crippen LogP contribution in [0, 0.1) is 6.92 Å². The van der Waals surface area contributed by atoms with Crippen molar-refractivity contribution < 1.29 is 14.3 Å². The van der Waals surface area contributed by atoms with Gasteiger partial charge in [-0.3, -0.25) is 9.36 Å². The molecule has 0 saturated carbocycles. The van der Waals surface area contributed by atoms with Gasteiger partial charge in [-0.15, -0.1) is 0 Å². The largest absolute Gasteiger partial charge is 0.490 e. The molecule has 1 aromatic heterocycles. The molecule has 0 amide bonds. The molecule has 0 N–H and O–H groups in total. The molecule has 1 heterocycles. The fourth-order valence-electron chi connectivity index (χ4n) is 3.26. The van der Waals surface area contributed by atoms with E-state index in [4.69, 9.17) is 9.47 Å². The van der Waals surface area contributed by atoms with E-state index in [0.717, 1.165) is 0 Å². The average Bonchev–Trinajstić information content (AvgIpc) is 2.76. The molecule has 0 atom stereocenters. The highest BCUT2D eigenvalue weighted by atomic mass is 16.6. The third kappa shape index (κ3) is 3.67. The molecule has 150 valence electrons. The Morgan fingerprint density at radius 1 is 0.933 bits per heavy atom. The smallest absolute Gasteiger partial charge is 0.343 e. The highest BCUT2D eigenvalue weighted by Crippen LogP contribution is 2.27. The number of esters is 1. The summed E-state index contributed by atoms with van der Waals surface area (Å²) in [6.45, 7) is 4.11. The lowest BCUT2D eigenvalue weighted by Crippen LogP contribution is -2.22. The predicted molar refractivity (Wildman–Crippen MR) is 115 cm³/mol. The van der Waals surface area contributed by atoms with Crippen LogP contribution in [0.3, 0.4) is 0 Å². The monoisotopic (exact) mass is 400 g/mol. The second-order valence-electron chi connectivity index (χ2n) is 6.63. The van der Waals surface area contributed by atoms with Crippen LogP contribution < -0.4 is 15.0 Å². The lowest BCUT2D eigenvalue weighted by Gasteiger charge is -2.12. The fraction of sp³-hybridized carbons (Fsp3) is 0.125. The summed E-state index contributed by atoms with van der Waals surface area (Å²) < 4.78 is 12.5. The lowest BCUT2D eigenvalue weighted by molar-refractivity contribution is 0.0728. The second kappa shape index (κ2) is 8.21. The molecule has 4 rings (SSSR count). The summed E-state index contributed by atoms with van der Waals surface area (Å²) in [6.07, 6.45) is 0. The number of carbonyl (C=O) groups is 1. The summed E-state index contributed by atoms with van der Waals surface area (Å²) in [7, 11) is 0. The first-order valence-electron chi connectivity index (χ1n) is 9.61. The van der Waals surface area contributed by atoms with Gasteiger partial charge in [0, 0.05) is 0 Å². The summed E-state index contributed by atoms with van der Waals surface area (Å²) in [5.41, 5.74) is 1.50. The van der Waals surface area contributed by atoms with Crippen molar-refractivity contribution in [2.75, 3.05) is 6.61 Å². The van der Waals surface area contributed by atoms with Crippen LogP contribution in [0.25, 0.3) is 16.6 Å². The number of hydrogen-bond acceptors (Lipinski definition) is 5. The zero-order valence-corrected chi connectivity index (χ0v) is 16.7. The van der Waals surface area contributed by atoms with Crippen LogP contribution in [0.15, 0.2) is 77.6 Å². The Hall–Kier alpha value is -3.93. The van der Waals surface area contributed by atoms with E-state index < -0.39 is 5.97 Å². The van der Waals surface area contributed by atoms with E-state index in [9.17, 15) is 9.59 Å². The molecule has 0 aliphatic heterocycles. The first-order chi connectivity index (χ1) is 14.6. The molecule has 0 aliphatic carbocycles. The minimum atomic E-state index is -0.505. The number of hydrogen-bond donors (Lipinski definition) is 0. The Balaban J connectivity index is 1.63. The summed E-state index contributed by atoms with van der Waals surface area (Å²) in [5.74, 6) is 0.933. The Labute approximate surface area is 173 Å². The van der Waals surface area contributed by atoms with Crippen LogP contribution in [-0.2, 0) is 0 Å². The third-order valence-electron chi connectivity index (χ3n) is 4.66. The standard InChI is InChI=1S/C24H20N2O4/c1-3-29-21-10-6-7-11-22(21)30-24(28)17-12-14-18(15-13-17)26-16(2)25-20-9-5-4-8-19(20)23(26)27/h4-15H,3H2,1-2H3. The number of carbonyl (C=O) groups excluding carboxylic acids is 1. The van der Waals surface area contributed by atoms with Gasteiger partial charge in [0.1, 0.15) is 5.82 Å². The highest BCUT2D eigenvalue weighted by molar-refractivity contribution is 5.91. The Morgan fingerprint density at radius 2 is 1.60 bits per heavy atom. The minimum Gasteiger partial charge on any atom is -0.490 e. The molecule has 0 radical (unpaired) electrons. The van der Waals surface area contributed by atoms with Crippen LogP contribution in [-0.4, -0.2) is 22.1 Å². The number of ether oxygens (including phenoxy) is 2. The van der Waals surface area contributed by atoms with Crippen molar-refractivity contribution in [2.24, 2.45) is 0 Å². The zero-order valence-electron chi connectivity index (χ0n) is 16.7. The van der Waals surface area contributed by atoms with E-state index in [1.807, 2.05) is 31.2 Å². The molecule has 0 aliphatic rings. The van der Waals surface area contributed by atoms with Gasteiger partial charge in [-0.05, 0) is 62.4 Å². The number of benzene rings is 3. The maximum Gasteiger partial charge on any atom is 0.343 e. The van der Waals surface area contributed by atoms with Gasteiger partial charge in [-0.2, -0.15) is 0 Å². The number of nitrogens with zero attached hydrogens (tertiary/aromatic N) is 2. The van der Waals surface area contributed by atoms with E-state index in [0.29, 0.717) is 46.1 Å². The molecule has 0 unspecified atom stereocenters. The molecular formula is C24H20N2O4. The van der Waals surface area contributed by atoms with Gasteiger partial charge in [0.2, 0.25) is 0 Å². The molecule has 6 heteroatoms. The van der Waals surface area contributed by atoms with Gasteiger partial charge in [0.25, 0.3) is 5.56 Å². The maximum absolute atomic E-state index is 12.9. The number of para-hydroxylation sites is 3. The maximum atomic E-state index is 12.9. The Kier molecular flexibility index (Phi) is 5.30. The Bertz CT molecular complexity index is 1280. The van der Waals surface area contributed by atoms with Crippen molar-refractivity contribution in [3.05, 3.63) is 94.5 Å². The van der Waals surface area contributed by atoms with Crippen LogP contribution in [0.4, 0.5) is 0 Å². The van der Waals surface area contributed by atoms with Gasteiger partial charge in [-0.25, -0.2) is 9.78 Å². The van der Waals surface area contributed by atoms with Crippen molar-refractivity contribution in [1.82, 2.24) is 9.55 Å². The number of fused-ring (bicyclic) bond motifs is 1. The SMILES string of the molecule is CCOc1ccccc1OC(=O)c1ccc(-n2c(C)nc3ccccc3c2=O)cc1. The molecule has 0 bridgehead atoms. The van der Waals surface area contributed by atoms with Crippen molar-refractivity contribution in [3.8, 4) is 17.2 Å². The van der Waals surface area contributed by atoms with Crippen LogP contribution in [0.5, 0.6) is 11.5 Å². The molecule has 3 aromatic carbocycles. The van der Waals surface area contributed by atoms with E-state index >= 15 is 0 Å². The highest BCUT2D eigenvalue weighted by Gasteiger charge is 2.14. The second-order valence-corrected chi connectivity index (χ2v) is 6.63. The van der Waals surface area contributed by atoms with Crippen LogP contribution in [0.2, 0.25) is 0 Å². The topological polar surface area (TPSA) is 70.4 Å². The molecule has 0 saturated heterocycles. The molecular weight excluding hydrogens is 380 g/mol. The normalized spacial score (nSPS) is 10.7. The van der Waals surface area contributed by atoms with E-state index in [1.165, 1.54) is 4.57 Å². The van der Waals surface area contributed by atoms with Gasteiger partial charge in [0.15, 0.2) is 11.5 Å². The summed E-state index contributed by atoms with van der Waals surface area (Å²) >= 11 is 0. The first kappa shape index (κ1) is 19.4. The van der Waals surface area contributed by atoms with Gasteiger partial charge in [0.05, 0.1) is 28.8 Å². The number of rotatable bonds is 5. The summed E-state index contributed by atoms with van der Waals surface area (Å²) in [5, 5.41) is 0.541. The van der Waals surface area contributed by atoms with Crippen molar-refractivity contribution in [2.45, 2.75) is 13.8 Å². The first-order valence-corrected chi connectivity index (χ1v) is 9.61. The number of aromatic nitrogens is 2. The van der Waals surface area contributed by atoms with Crippen molar-refractivity contribution in [3.63, 3.8) is 0 Å². The van der Waals surface area contributed by atoms with Crippen molar-refractivity contribution in [1.29, 1.82) is 0 Å². The zero-order chi connectivity index (χ0) is 21.1. The minimum absolute atomic E-state index is 0.154. The van der Waals surface area contributed by atoms with Crippen LogP contribution >= 0.6 is 0 Å². The molecule has 0 spiro atoms. The molecule has 0 fully saturated rings. The Morgan fingerprint density at radius 3 is 2.33 bits per heavy atom. The van der Waals surface area contributed by atoms with Gasteiger partial charge < -0.3 is 9.47 Å². The van der Waals surface area contributed by atoms with Crippen molar-refractivity contribution >= 4 is 16.9 Å². The quantitative estimate of drug-likeness (QED) is 0.369. The summed E-state index contributed by atoms with van der Waals surface area (Å²) in [6, 6.07) is 20.9. The van der Waals surface area contributed by atoms with E-state index in [1.54, 1.807) is 55.5 Å². The third-order valence-corrected chi connectivity index (χ3v) is 4.66. The van der Waals surface area contributed by atoms with E-state index in [2.05, 4.69) is 4.98 Å². The summed E-state index contributed by atoms with van der Waals surface area (Å²) in [4.78, 5) is 30.0. The average molecular weight is 400 g/mol. The molecule has 4 aromatic rings. The van der Waals surface area contributed by atoms with Gasteiger partial charge in [-0.1, -0.05) is 24.3 Å². The molecule has 30 heavy (non-hydrogen) atoms. The van der Waals surface area contributed by atoms with E-state index in [-0.39, 0.29) is 5.56 Å². The number of aryl methyl sites for hydroxylation is 1. The predicted octanol–water partition coefficient (Wildman–Crippen LogP) is 4.31.